The molecule has 118 valence electrons. The maximum Gasteiger partial charge on any atom is 0.252 e. The van der Waals surface area contributed by atoms with Crippen LogP contribution in [0.25, 0.3) is 0 Å². The van der Waals surface area contributed by atoms with Crippen molar-refractivity contribution in [3.8, 4) is 0 Å². The number of para-hydroxylation sites is 1. The van der Waals surface area contributed by atoms with Crippen LogP contribution in [0, 0.1) is 6.92 Å². The highest BCUT2D eigenvalue weighted by molar-refractivity contribution is 7.91. The highest BCUT2D eigenvalue weighted by Crippen LogP contribution is 2.29. The van der Waals surface area contributed by atoms with E-state index in [1.807, 2.05) is 37.3 Å². The third-order valence-corrected chi connectivity index (χ3v) is 7.43. The Labute approximate surface area is 140 Å². The minimum absolute atomic E-state index is 0.427. The van der Waals surface area contributed by atoms with Crippen molar-refractivity contribution in [2.75, 3.05) is 31.1 Å². The van der Waals surface area contributed by atoms with E-state index >= 15 is 0 Å². The summed E-state index contributed by atoms with van der Waals surface area (Å²) < 4.78 is 27.2. The molecular weight excluding hydrogens is 340 g/mol. The van der Waals surface area contributed by atoms with Crippen LogP contribution in [-0.2, 0) is 10.0 Å². The number of hydrogen-bond acceptors (Lipinski definition) is 4. The van der Waals surface area contributed by atoms with Crippen LogP contribution >= 0.6 is 22.9 Å². The minimum atomic E-state index is -3.36. The second-order valence-electron chi connectivity index (χ2n) is 5.21. The molecule has 1 aromatic heterocycles. The first-order chi connectivity index (χ1) is 10.5. The van der Waals surface area contributed by atoms with Gasteiger partial charge in [0.15, 0.2) is 0 Å². The van der Waals surface area contributed by atoms with Crippen molar-refractivity contribution < 1.29 is 8.42 Å². The van der Waals surface area contributed by atoms with Crippen molar-refractivity contribution in [3.63, 3.8) is 0 Å². The summed E-state index contributed by atoms with van der Waals surface area (Å²) in [6.45, 7) is 4.16. The standard InChI is InChI=1S/C15H17ClN2O2S2/c1-12-6-7-15(21-12)22(19,20)18-10-8-17(9-11-18)14-5-3-2-4-13(14)16/h2-7H,8-11H2,1H3. The normalized spacial score (nSPS) is 16.9. The van der Waals surface area contributed by atoms with E-state index < -0.39 is 10.0 Å². The average molecular weight is 357 g/mol. The summed E-state index contributed by atoms with van der Waals surface area (Å²) in [7, 11) is -3.36. The van der Waals surface area contributed by atoms with Crippen LogP contribution in [0.5, 0.6) is 0 Å². The van der Waals surface area contributed by atoms with E-state index in [2.05, 4.69) is 4.90 Å². The fourth-order valence-electron chi connectivity index (χ4n) is 2.56. The topological polar surface area (TPSA) is 40.6 Å². The van der Waals surface area contributed by atoms with E-state index in [4.69, 9.17) is 11.6 Å². The molecule has 0 bridgehead atoms. The van der Waals surface area contributed by atoms with E-state index in [-0.39, 0.29) is 0 Å². The smallest absolute Gasteiger partial charge is 0.252 e. The van der Waals surface area contributed by atoms with Gasteiger partial charge in [-0.3, -0.25) is 0 Å². The number of nitrogens with zero attached hydrogens (tertiary/aromatic N) is 2. The molecule has 0 aliphatic carbocycles. The lowest BCUT2D eigenvalue weighted by Gasteiger charge is -2.35. The summed E-state index contributed by atoms with van der Waals surface area (Å²) in [4.78, 5) is 3.14. The molecule has 0 atom stereocenters. The molecule has 1 saturated heterocycles. The van der Waals surface area contributed by atoms with Gasteiger partial charge in [0.25, 0.3) is 10.0 Å². The average Bonchev–Trinajstić information content (AvgIpc) is 2.95. The van der Waals surface area contributed by atoms with Gasteiger partial charge in [-0.15, -0.1) is 11.3 Å². The number of halogens is 1. The summed E-state index contributed by atoms with van der Waals surface area (Å²) in [6, 6.07) is 11.2. The molecule has 1 fully saturated rings. The maximum atomic E-state index is 12.6. The summed E-state index contributed by atoms with van der Waals surface area (Å²) in [5.41, 5.74) is 0.966. The SMILES string of the molecule is Cc1ccc(S(=O)(=O)N2CCN(c3ccccc3Cl)CC2)s1. The van der Waals surface area contributed by atoms with E-state index in [9.17, 15) is 8.42 Å². The van der Waals surface area contributed by atoms with E-state index in [1.54, 1.807) is 10.4 Å². The Morgan fingerprint density at radius 1 is 1.05 bits per heavy atom. The van der Waals surface area contributed by atoms with Crippen LogP contribution in [0.15, 0.2) is 40.6 Å². The van der Waals surface area contributed by atoms with Gasteiger partial charge in [-0.25, -0.2) is 8.42 Å². The van der Waals surface area contributed by atoms with Crippen molar-refractivity contribution in [2.24, 2.45) is 0 Å². The second-order valence-corrected chi connectivity index (χ2v) is 9.07. The highest BCUT2D eigenvalue weighted by atomic mass is 35.5. The Bertz CT molecular complexity index is 765. The zero-order valence-corrected chi connectivity index (χ0v) is 14.6. The zero-order chi connectivity index (χ0) is 15.7. The van der Waals surface area contributed by atoms with Crippen LogP contribution in [-0.4, -0.2) is 38.9 Å². The summed E-state index contributed by atoms with van der Waals surface area (Å²) in [5, 5.41) is 0.702. The first kappa shape index (κ1) is 15.8. The van der Waals surface area contributed by atoms with E-state index in [0.717, 1.165) is 10.6 Å². The second kappa shape index (κ2) is 6.20. The fourth-order valence-corrected chi connectivity index (χ4v) is 5.67. The summed E-state index contributed by atoms with van der Waals surface area (Å²) in [6.07, 6.45) is 0. The third kappa shape index (κ3) is 3.01. The van der Waals surface area contributed by atoms with Gasteiger partial charge in [0.05, 0.1) is 10.7 Å². The molecule has 0 amide bonds. The lowest BCUT2D eigenvalue weighted by molar-refractivity contribution is 0.386. The Balaban J connectivity index is 1.73. The van der Waals surface area contributed by atoms with E-state index in [0.29, 0.717) is 35.4 Å². The number of hydrogen-bond donors (Lipinski definition) is 0. The van der Waals surface area contributed by atoms with Gasteiger partial charge in [0.2, 0.25) is 0 Å². The number of anilines is 1. The number of benzene rings is 1. The van der Waals surface area contributed by atoms with Crippen molar-refractivity contribution in [2.45, 2.75) is 11.1 Å². The van der Waals surface area contributed by atoms with Gasteiger partial charge in [-0.05, 0) is 31.2 Å². The first-order valence-corrected chi connectivity index (χ1v) is 9.68. The lowest BCUT2D eigenvalue weighted by Crippen LogP contribution is -2.48. The fraction of sp³-hybridized carbons (Fsp3) is 0.333. The van der Waals surface area contributed by atoms with Crippen LogP contribution in [0.1, 0.15) is 4.88 Å². The molecule has 3 rings (SSSR count). The number of piperazine rings is 1. The highest BCUT2D eigenvalue weighted by Gasteiger charge is 2.29. The van der Waals surface area contributed by atoms with Crippen molar-refractivity contribution >= 4 is 38.6 Å². The molecule has 1 aliphatic rings. The van der Waals surface area contributed by atoms with Gasteiger partial charge in [-0.2, -0.15) is 4.31 Å². The Hall–Kier alpha value is -1.08. The van der Waals surface area contributed by atoms with Gasteiger partial charge < -0.3 is 4.90 Å². The molecule has 2 heterocycles. The Morgan fingerprint density at radius 2 is 1.73 bits per heavy atom. The van der Waals surface area contributed by atoms with E-state index in [1.165, 1.54) is 11.3 Å². The van der Waals surface area contributed by atoms with Crippen LogP contribution in [0.3, 0.4) is 0 Å². The quantitative estimate of drug-likeness (QED) is 0.847. The van der Waals surface area contributed by atoms with Gasteiger partial charge in [0, 0.05) is 31.1 Å². The summed E-state index contributed by atoms with van der Waals surface area (Å²) >= 11 is 7.53. The molecule has 7 heteroatoms. The molecule has 0 N–H and O–H groups in total. The summed E-state index contributed by atoms with van der Waals surface area (Å²) in [5.74, 6) is 0. The molecule has 0 unspecified atom stereocenters. The molecule has 1 aliphatic heterocycles. The van der Waals surface area contributed by atoms with Crippen LogP contribution < -0.4 is 4.90 Å². The van der Waals surface area contributed by atoms with Gasteiger partial charge >= 0.3 is 0 Å². The van der Waals surface area contributed by atoms with Crippen LogP contribution in [0.2, 0.25) is 5.02 Å². The molecular formula is C15H17ClN2O2S2. The first-order valence-electron chi connectivity index (χ1n) is 7.04. The molecule has 2 aromatic rings. The number of thiophene rings is 1. The Morgan fingerprint density at radius 3 is 2.32 bits per heavy atom. The number of sulfonamides is 1. The minimum Gasteiger partial charge on any atom is -0.368 e. The predicted molar refractivity (Wildman–Crippen MR) is 91.5 cm³/mol. The Kier molecular flexibility index (Phi) is 4.45. The van der Waals surface area contributed by atoms with Gasteiger partial charge in [0.1, 0.15) is 4.21 Å². The molecule has 1 aromatic carbocycles. The molecule has 22 heavy (non-hydrogen) atoms. The van der Waals surface area contributed by atoms with Crippen LogP contribution in [0.4, 0.5) is 5.69 Å². The van der Waals surface area contributed by atoms with Crippen molar-refractivity contribution in [1.82, 2.24) is 4.31 Å². The van der Waals surface area contributed by atoms with Gasteiger partial charge in [-0.1, -0.05) is 23.7 Å². The number of rotatable bonds is 3. The van der Waals surface area contributed by atoms with Crippen molar-refractivity contribution in [1.29, 1.82) is 0 Å². The monoisotopic (exact) mass is 356 g/mol. The van der Waals surface area contributed by atoms with Crippen molar-refractivity contribution in [3.05, 3.63) is 46.3 Å². The molecule has 0 radical (unpaired) electrons. The molecule has 4 nitrogen and oxygen atoms in total. The molecule has 0 saturated carbocycles. The zero-order valence-electron chi connectivity index (χ0n) is 12.2. The third-order valence-electron chi connectivity index (χ3n) is 3.74. The maximum absolute atomic E-state index is 12.6. The number of aryl methyl sites for hydroxylation is 1. The predicted octanol–water partition coefficient (Wildman–Crippen LogP) is 3.22. The largest absolute Gasteiger partial charge is 0.368 e. The molecule has 0 spiro atoms. The lowest BCUT2D eigenvalue weighted by atomic mass is 10.2.